The molecule has 0 bridgehead atoms. The standard InChI is InChI=1S/C15H10Cl2N2O5/c16-10-3-6-12(17)13(7-10)18-14(20)8-24-15(21)9-1-4-11(5-2-9)19(22)23/h1-7H,8H2,(H,18,20). The lowest BCUT2D eigenvalue weighted by Gasteiger charge is -2.08. The maximum absolute atomic E-state index is 11.8. The summed E-state index contributed by atoms with van der Waals surface area (Å²) in [6, 6.07) is 9.36. The Bertz CT molecular complexity index is 793. The largest absolute Gasteiger partial charge is 0.452 e. The maximum Gasteiger partial charge on any atom is 0.338 e. The Labute approximate surface area is 146 Å². The predicted molar refractivity (Wildman–Crippen MR) is 88.5 cm³/mol. The van der Waals surface area contributed by atoms with E-state index in [1.54, 1.807) is 6.07 Å². The van der Waals surface area contributed by atoms with Crippen molar-refractivity contribution in [3.8, 4) is 0 Å². The quantitative estimate of drug-likeness (QED) is 0.492. The molecular weight excluding hydrogens is 359 g/mol. The molecule has 1 N–H and O–H groups in total. The lowest BCUT2D eigenvalue weighted by molar-refractivity contribution is -0.384. The van der Waals surface area contributed by atoms with Crippen LogP contribution in [0.4, 0.5) is 11.4 Å². The number of ether oxygens (including phenoxy) is 1. The minimum absolute atomic E-state index is 0.0918. The van der Waals surface area contributed by atoms with Gasteiger partial charge in [0.05, 0.1) is 21.2 Å². The van der Waals surface area contributed by atoms with Crippen LogP contribution in [0.2, 0.25) is 10.0 Å². The summed E-state index contributed by atoms with van der Waals surface area (Å²) >= 11 is 11.7. The molecule has 0 heterocycles. The summed E-state index contributed by atoms with van der Waals surface area (Å²) in [7, 11) is 0. The summed E-state index contributed by atoms with van der Waals surface area (Å²) < 4.78 is 4.84. The molecule has 24 heavy (non-hydrogen) atoms. The van der Waals surface area contributed by atoms with Crippen LogP contribution in [0, 0.1) is 10.1 Å². The Hall–Kier alpha value is -2.64. The second-order valence-corrected chi connectivity index (χ2v) is 5.40. The number of hydrogen-bond acceptors (Lipinski definition) is 5. The minimum Gasteiger partial charge on any atom is -0.452 e. The average molecular weight is 369 g/mol. The number of esters is 1. The Morgan fingerprint density at radius 1 is 1.12 bits per heavy atom. The van der Waals surface area contributed by atoms with Gasteiger partial charge in [-0.05, 0) is 30.3 Å². The van der Waals surface area contributed by atoms with Crippen molar-refractivity contribution in [1.82, 2.24) is 0 Å². The second kappa shape index (κ2) is 7.76. The van der Waals surface area contributed by atoms with E-state index in [0.29, 0.717) is 10.7 Å². The summed E-state index contributed by atoms with van der Waals surface area (Å²) in [6.07, 6.45) is 0. The van der Waals surface area contributed by atoms with Crippen molar-refractivity contribution in [3.63, 3.8) is 0 Å². The fraction of sp³-hybridized carbons (Fsp3) is 0.0667. The fourth-order valence-electron chi connectivity index (χ4n) is 1.71. The number of hydrogen-bond donors (Lipinski definition) is 1. The normalized spacial score (nSPS) is 10.1. The van der Waals surface area contributed by atoms with Gasteiger partial charge in [-0.3, -0.25) is 14.9 Å². The molecule has 0 unspecified atom stereocenters. The minimum atomic E-state index is -0.780. The zero-order valence-electron chi connectivity index (χ0n) is 12.0. The third-order valence-electron chi connectivity index (χ3n) is 2.85. The van der Waals surface area contributed by atoms with E-state index in [1.165, 1.54) is 36.4 Å². The number of nitro benzene ring substituents is 1. The average Bonchev–Trinajstić information content (AvgIpc) is 2.56. The molecule has 1 amide bonds. The lowest BCUT2D eigenvalue weighted by Crippen LogP contribution is -2.21. The number of nitrogens with one attached hydrogen (secondary N) is 1. The van der Waals surface area contributed by atoms with E-state index in [0.717, 1.165) is 0 Å². The van der Waals surface area contributed by atoms with Crippen LogP contribution < -0.4 is 5.32 Å². The van der Waals surface area contributed by atoms with E-state index in [1.807, 2.05) is 0 Å². The van der Waals surface area contributed by atoms with Crippen LogP contribution in [0.25, 0.3) is 0 Å². The number of carbonyl (C=O) groups is 2. The number of nitro groups is 1. The first-order valence-corrected chi connectivity index (χ1v) is 7.29. The smallest absolute Gasteiger partial charge is 0.338 e. The van der Waals surface area contributed by atoms with Crippen LogP contribution in [0.15, 0.2) is 42.5 Å². The van der Waals surface area contributed by atoms with Crippen LogP contribution in [0.3, 0.4) is 0 Å². The zero-order valence-corrected chi connectivity index (χ0v) is 13.5. The molecule has 2 rings (SSSR count). The Kier molecular flexibility index (Phi) is 5.73. The molecule has 0 atom stereocenters. The van der Waals surface area contributed by atoms with E-state index in [2.05, 4.69) is 5.32 Å². The molecule has 124 valence electrons. The molecule has 2 aromatic carbocycles. The van der Waals surface area contributed by atoms with Gasteiger partial charge in [0, 0.05) is 17.2 Å². The zero-order chi connectivity index (χ0) is 17.7. The first-order chi connectivity index (χ1) is 11.4. The highest BCUT2D eigenvalue weighted by Gasteiger charge is 2.13. The van der Waals surface area contributed by atoms with E-state index in [-0.39, 0.29) is 16.3 Å². The number of amides is 1. The van der Waals surface area contributed by atoms with Crippen LogP contribution in [0.1, 0.15) is 10.4 Å². The van der Waals surface area contributed by atoms with Crippen molar-refractivity contribution in [2.45, 2.75) is 0 Å². The summed E-state index contributed by atoms with van der Waals surface area (Å²) in [5, 5.41) is 13.7. The van der Waals surface area contributed by atoms with Gasteiger partial charge in [-0.15, -0.1) is 0 Å². The molecule has 0 saturated carbocycles. The monoisotopic (exact) mass is 368 g/mol. The first kappa shape index (κ1) is 17.7. The summed E-state index contributed by atoms with van der Waals surface area (Å²) in [5.74, 6) is -1.38. The van der Waals surface area contributed by atoms with Gasteiger partial charge in [0.2, 0.25) is 0 Å². The van der Waals surface area contributed by atoms with Crippen LogP contribution in [-0.2, 0) is 9.53 Å². The van der Waals surface area contributed by atoms with E-state index in [4.69, 9.17) is 27.9 Å². The number of benzene rings is 2. The van der Waals surface area contributed by atoms with Gasteiger partial charge in [0.15, 0.2) is 6.61 Å². The van der Waals surface area contributed by atoms with E-state index in [9.17, 15) is 19.7 Å². The van der Waals surface area contributed by atoms with Gasteiger partial charge in [-0.2, -0.15) is 0 Å². The highest BCUT2D eigenvalue weighted by Crippen LogP contribution is 2.25. The number of anilines is 1. The molecule has 0 aromatic heterocycles. The van der Waals surface area contributed by atoms with Crippen molar-refractivity contribution in [3.05, 3.63) is 68.2 Å². The van der Waals surface area contributed by atoms with E-state index >= 15 is 0 Å². The van der Waals surface area contributed by atoms with Crippen LogP contribution in [-0.4, -0.2) is 23.4 Å². The number of halogens is 2. The van der Waals surface area contributed by atoms with E-state index < -0.39 is 23.4 Å². The third-order valence-corrected chi connectivity index (χ3v) is 3.42. The van der Waals surface area contributed by atoms with Gasteiger partial charge in [0.25, 0.3) is 11.6 Å². The number of carbonyl (C=O) groups excluding carboxylic acids is 2. The maximum atomic E-state index is 11.8. The van der Waals surface area contributed by atoms with Gasteiger partial charge >= 0.3 is 5.97 Å². The SMILES string of the molecule is O=C(COC(=O)c1ccc([N+](=O)[O-])cc1)Nc1cc(Cl)ccc1Cl. The van der Waals surface area contributed by atoms with Crippen molar-refractivity contribution >= 4 is 46.5 Å². The molecule has 0 aliphatic heterocycles. The van der Waals surface area contributed by atoms with Crippen molar-refractivity contribution in [2.75, 3.05) is 11.9 Å². The van der Waals surface area contributed by atoms with Gasteiger partial charge in [0.1, 0.15) is 0 Å². The van der Waals surface area contributed by atoms with Crippen LogP contribution >= 0.6 is 23.2 Å². The molecule has 0 spiro atoms. The van der Waals surface area contributed by atoms with Crippen molar-refractivity contribution in [2.24, 2.45) is 0 Å². The summed E-state index contributed by atoms with van der Waals surface area (Å²) in [4.78, 5) is 33.5. The van der Waals surface area contributed by atoms with Crippen molar-refractivity contribution in [1.29, 1.82) is 0 Å². The molecule has 0 radical (unpaired) electrons. The summed E-state index contributed by atoms with van der Waals surface area (Å²) in [6.45, 7) is -0.543. The van der Waals surface area contributed by atoms with Crippen LogP contribution in [0.5, 0.6) is 0 Å². The first-order valence-electron chi connectivity index (χ1n) is 6.53. The molecule has 0 aliphatic rings. The van der Waals surface area contributed by atoms with Gasteiger partial charge in [-0.1, -0.05) is 23.2 Å². The third kappa shape index (κ3) is 4.68. The summed E-state index contributed by atoms with van der Waals surface area (Å²) in [5.41, 5.74) is 0.231. The Morgan fingerprint density at radius 3 is 2.42 bits per heavy atom. The highest BCUT2D eigenvalue weighted by atomic mass is 35.5. The number of nitrogens with zero attached hydrogens (tertiary/aromatic N) is 1. The molecule has 7 nitrogen and oxygen atoms in total. The number of rotatable bonds is 5. The number of non-ortho nitro benzene ring substituents is 1. The molecule has 0 aliphatic carbocycles. The highest BCUT2D eigenvalue weighted by molar-refractivity contribution is 6.35. The predicted octanol–water partition coefficient (Wildman–Crippen LogP) is 3.70. The Morgan fingerprint density at radius 2 is 1.79 bits per heavy atom. The second-order valence-electron chi connectivity index (χ2n) is 4.55. The lowest BCUT2D eigenvalue weighted by atomic mass is 10.2. The molecule has 9 heteroatoms. The van der Waals surface area contributed by atoms with Gasteiger partial charge in [-0.25, -0.2) is 4.79 Å². The molecule has 2 aromatic rings. The molecule has 0 fully saturated rings. The topological polar surface area (TPSA) is 98.5 Å². The molecule has 0 saturated heterocycles. The Balaban J connectivity index is 1.92. The van der Waals surface area contributed by atoms with Gasteiger partial charge < -0.3 is 10.1 Å². The van der Waals surface area contributed by atoms with Crippen molar-refractivity contribution < 1.29 is 19.2 Å². The molecular formula is C15H10Cl2N2O5. The fourth-order valence-corrected chi connectivity index (χ4v) is 2.05.